The Hall–Kier alpha value is -1.80. The number of amides is 1. The fourth-order valence-corrected chi connectivity index (χ4v) is 4.64. The normalized spacial score (nSPS) is 21.9. The van der Waals surface area contributed by atoms with Crippen molar-refractivity contribution in [2.75, 3.05) is 24.7 Å². The molecule has 0 aromatic heterocycles. The maximum absolute atomic E-state index is 11.8. The quantitative estimate of drug-likeness (QED) is 0.743. The number of hydrogen-bond donors (Lipinski definition) is 1. The number of nitrogens with one attached hydrogen (secondary N) is 1. The molecule has 0 saturated carbocycles. The van der Waals surface area contributed by atoms with Gasteiger partial charge >= 0.3 is 5.97 Å². The van der Waals surface area contributed by atoms with Crippen molar-refractivity contribution < 1.29 is 27.5 Å². The highest BCUT2D eigenvalue weighted by Gasteiger charge is 2.39. The van der Waals surface area contributed by atoms with Crippen molar-refractivity contribution >= 4 is 33.3 Å². The number of hydrogen-bond acceptors (Lipinski definition) is 6. The average molecular weight is 376 g/mol. The van der Waals surface area contributed by atoms with Crippen LogP contribution in [0.25, 0.3) is 0 Å². The van der Waals surface area contributed by atoms with E-state index in [9.17, 15) is 18.0 Å². The molecule has 1 heterocycles. The molecular weight excluding hydrogens is 358 g/mol. The molecule has 0 spiro atoms. The van der Waals surface area contributed by atoms with E-state index < -0.39 is 33.9 Å². The van der Waals surface area contributed by atoms with Gasteiger partial charge in [0, 0.05) is 5.02 Å². The molecule has 1 aliphatic heterocycles. The summed E-state index contributed by atoms with van der Waals surface area (Å²) < 4.78 is 32.9. The first-order chi connectivity index (χ1) is 11.2. The van der Waals surface area contributed by atoms with Crippen molar-refractivity contribution in [2.45, 2.75) is 18.9 Å². The third-order valence-electron chi connectivity index (χ3n) is 3.46. The molecule has 7 nitrogen and oxygen atoms in total. The van der Waals surface area contributed by atoms with Crippen LogP contribution in [0.5, 0.6) is 5.75 Å². The molecule has 1 N–H and O–H groups in total. The summed E-state index contributed by atoms with van der Waals surface area (Å²) in [4.78, 5) is 23.4. The van der Waals surface area contributed by atoms with Gasteiger partial charge in [-0.15, -0.1) is 0 Å². The number of benzene rings is 1. The molecule has 1 amide bonds. The summed E-state index contributed by atoms with van der Waals surface area (Å²) in [5.41, 5.74) is -0.820. The SMILES string of the molecule is C[C@@]1(NC(=O)COC(=O)COc2cccc(Cl)c2)CCS(=O)(=O)C1. The molecule has 1 atom stereocenters. The molecule has 1 aromatic rings. The van der Waals surface area contributed by atoms with E-state index in [1.165, 1.54) is 0 Å². The molecule has 1 saturated heterocycles. The van der Waals surface area contributed by atoms with Crippen molar-refractivity contribution in [1.29, 1.82) is 0 Å². The van der Waals surface area contributed by atoms with Crippen LogP contribution < -0.4 is 10.1 Å². The fraction of sp³-hybridized carbons (Fsp3) is 0.467. The highest BCUT2D eigenvalue weighted by Crippen LogP contribution is 2.22. The van der Waals surface area contributed by atoms with Gasteiger partial charge in [0.15, 0.2) is 23.1 Å². The molecule has 132 valence electrons. The van der Waals surface area contributed by atoms with Gasteiger partial charge in [0.1, 0.15) is 5.75 Å². The fourth-order valence-electron chi connectivity index (χ4n) is 2.37. The lowest BCUT2D eigenvalue weighted by Crippen LogP contribution is -2.48. The lowest BCUT2D eigenvalue weighted by atomic mass is 10.0. The van der Waals surface area contributed by atoms with Crippen LogP contribution >= 0.6 is 11.6 Å². The van der Waals surface area contributed by atoms with Crippen LogP contribution in [0.1, 0.15) is 13.3 Å². The van der Waals surface area contributed by atoms with Crippen LogP contribution in [0.3, 0.4) is 0 Å². The molecular formula is C15H18ClNO6S. The van der Waals surface area contributed by atoms with Crippen molar-refractivity contribution in [3.8, 4) is 5.75 Å². The Morgan fingerprint density at radius 1 is 1.33 bits per heavy atom. The number of sulfone groups is 1. The predicted octanol–water partition coefficient (Wildman–Crippen LogP) is 0.955. The van der Waals surface area contributed by atoms with Crippen LogP contribution in [-0.2, 0) is 24.2 Å². The Morgan fingerprint density at radius 3 is 2.71 bits per heavy atom. The number of carbonyl (C=O) groups excluding carboxylic acids is 2. The van der Waals surface area contributed by atoms with Crippen molar-refractivity contribution in [3.63, 3.8) is 0 Å². The lowest BCUT2D eigenvalue weighted by Gasteiger charge is -2.23. The van der Waals surface area contributed by atoms with Crippen LogP contribution in [0.2, 0.25) is 5.02 Å². The van der Waals surface area contributed by atoms with Crippen molar-refractivity contribution in [3.05, 3.63) is 29.3 Å². The summed E-state index contributed by atoms with van der Waals surface area (Å²) in [5.74, 6) is -0.929. The third-order valence-corrected chi connectivity index (χ3v) is 5.60. The Labute approximate surface area is 145 Å². The van der Waals surface area contributed by atoms with E-state index in [1.54, 1.807) is 31.2 Å². The Balaban J connectivity index is 1.72. The number of esters is 1. The number of rotatable bonds is 6. The van der Waals surface area contributed by atoms with Gasteiger partial charge in [-0.2, -0.15) is 0 Å². The number of carbonyl (C=O) groups is 2. The van der Waals surface area contributed by atoms with E-state index in [1.807, 2.05) is 0 Å². The largest absolute Gasteiger partial charge is 0.482 e. The molecule has 2 rings (SSSR count). The number of halogens is 1. The van der Waals surface area contributed by atoms with Crippen LogP contribution in [-0.4, -0.2) is 50.6 Å². The first kappa shape index (κ1) is 18.5. The summed E-state index contributed by atoms with van der Waals surface area (Å²) in [6.07, 6.45) is 0.340. The van der Waals surface area contributed by atoms with Crippen molar-refractivity contribution in [1.82, 2.24) is 5.32 Å². The minimum atomic E-state index is -3.13. The first-order valence-electron chi connectivity index (χ1n) is 7.23. The summed E-state index contributed by atoms with van der Waals surface area (Å²) >= 11 is 5.79. The monoisotopic (exact) mass is 375 g/mol. The van der Waals surface area contributed by atoms with Gasteiger partial charge in [-0.05, 0) is 31.5 Å². The molecule has 0 radical (unpaired) electrons. The predicted molar refractivity (Wildman–Crippen MR) is 87.7 cm³/mol. The summed E-state index contributed by atoms with van der Waals surface area (Å²) in [7, 11) is -3.13. The van der Waals surface area contributed by atoms with E-state index >= 15 is 0 Å². The molecule has 1 aliphatic rings. The Kier molecular flexibility index (Phi) is 5.71. The van der Waals surface area contributed by atoms with Crippen LogP contribution in [0.15, 0.2) is 24.3 Å². The molecule has 1 fully saturated rings. The zero-order valence-electron chi connectivity index (χ0n) is 13.1. The third kappa shape index (κ3) is 5.68. The Bertz CT molecular complexity index is 735. The van der Waals surface area contributed by atoms with E-state index in [0.717, 1.165) is 0 Å². The molecule has 0 bridgehead atoms. The standard InChI is InChI=1S/C15H18ClNO6S/c1-15(5-6-24(20,21)10-15)17-13(18)8-23-14(19)9-22-12-4-2-3-11(16)7-12/h2-4,7H,5-6,8-10H2,1H3,(H,17,18)/t15-/m1/s1. The molecule has 0 aliphatic carbocycles. The van der Waals surface area contributed by atoms with Crippen molar-refractivity contribution in [2.24, 2.45) is 0 Å². The van der Waals surface area contributed by atoms with E-state index in [-0.39, 0.29) is 18.1 Å². The van der Waals surface area contributed by atoms with Gasteiger partial charge in [0.25, 0.3) is 5.91 Å². The van der Waals surface area contributed by atoms with Gasteiger partial charge in [-0.3, -0.25) is 4.79 Å². The van der Waals surface area contributed by atoms with Gasteiger partial charge < -0.3 is 14.8 Å². The van der Waals surface area contributed by atoms with E-state index in [4.69, 9.17) is 21.1 Å². The molecule has 24 heavy (non-hydrogen) atoms. The minimum absolute atomic E-state index is 0.0387. The average Bonchev–Trinajstić information content (AvgIpc) is 2.76. The van der Waals surface area contributed by atoms with E-state index in [0.29, 0.717) is 17.2 Å². The summed E-state index contributed by atoms with van der Waals surface area (Å²) in [6.45, 7) is 0.798. The van der Waals surface area contributed by atoms with Gasteiger partial charge in [-0.1, -0.05) is 17.7 Å². The molecule has 9 heteroatoms. The molecule has 1 aromatic carbocycles. The highest BCUT2D eigenvalue weighted by atomic mass is 35.5. The second-order valence-corrected chi connectivity index (χ2v) is 8.48. The smallest absolute Gasteiger partial charge is 0.344 e. The Morgan fingerprint density at radius 2 is 2.08 bits per heavy atom. The summed E-state index contributed by atoms with van der Waals surface area (Å²) in [5, 5.41) is 3.07. The van der Waals surface area contributed by atoms with Crippen LogP contribution in [0, 0.1) is 0 Å². The van der Waals surface area contributed by atoms with Gasteiger partial charge in [0.05, 0.1) is 17.0 Å². The number of ether oxygens (including phenoxy) is 2. The first-order valence-corrected chi connectivity index (χ1v) is 9.43. The van der Waals surface area contributed by atoms with E-state index in [2.05, 4.69) is 5.32 Å². The maximum atomic E-state index is 11.8. The van der Waals surface area contributed by atoms with Crippen LogP contribution in [0.4, 0.5) is 0 Å². The van der Waals surface area contributed by atoms with Gasteiger partial charge in [0.2, 0.25) is 0 Å². The maximum Gasteiger partial charge on any atom is 0.344 e. The molecule has 0 unspecified atom stereocenters. The van der Waals surface area contributed by atoms with Gasteiger partial charge in [-0.25, -0.2) is 13.2 Å². The second-order valence-electron chi connectivity index (χ2n) is 5.86. The highest BCUT2D eigenvalue weighted by molar-refractivity contribution is 7.91. The topological polar surface area (TPSA) is 98.8 Å². The summed E-state index contributed by atoms with van der Waals surface area (Å²) in [6, 6.07) is 6.52. The zero-order valence-corrected chi connectivity index (χ0v) is 14.7. The lowest BCUT2D eigenvalue weighted by molar-refractivity contribution is -0.150. The zero-order chi connectivity index (χ0) is 17.8. The second kappa shape index (κ2) is 7.40. The minimum Gasteiger partial charge on any atom is -0.482 e.